The summed E-state index contributed by atoms with van der Waals surface area (Å²) in [6, 6.07) is 24.5. The highest BCUT2D eigenvalue weighted by Gasteiger charge is 2.66. The molecule has 3 aliphatic heterocycles. The van der Waals surface area contributed by atoms with E-state index in [2.05, 4.69) is 32.2 Å². The second-order valence-electron chi connectivity index (χ2n) is 15.1. The van der Waals surface area contributed by atoms with Crippen molar-refractivity contribution in [2.45, 2.75) is 69.1 Å². The summed E-state index contributed by atoms with van der Waals surface area (Å²) in [7, 11) is 2.21. The molecule has 1 aromatic heterocycles. The van der Waals surface area contributed by atoms with E-state index in [-0.39, 0.29) is 60.2 Å². The fourth-order valence-corrected chi connectivity index (χ4v) is 13.3. The van der Waals surface area contributed by atoms with E-state index in [0.29, 0.717) is 29.2 Å². The number of pyridine rings is 1. The number of carbonyl (C=O) groups excluding carboxylic acids is 2. The Morgan fingerprint density at radius 1 is 0.944 bits per heavy atom. The molecule has 0 aliphatic carbocycles. The number of likely N-dealkylation sites (tertiary alicyclic amines) is 1. The maximum atomic E-state index is 15.3. The fraction of sp³-hybridized carbons (Fsp3) is 0.405. The number of aliphatic hydroxyl groups is 1. The average Bonchev–Trinajstić information content (AvgIpc) is 3.85. The predicted octanol–water partition coefficient (Wildman–Crippen LogP) is 5.00. The van der Waals surface area contributed by atoms with Crippen molar-refractivity contribution in [1.29, 1.82) is 0 Å². The van der Waals surface area contributed by atoms with Gasteiger partial charge in [0.15, 0.2) is 11.4 Å². The Morgan fingerprint density at radius 3 is 2.39 bits per heavy atom. The molecule has 284 valence electrons. The number of hydrogen-bond donors (Lipinski definition) is 1. The maximum absolute atomic E-state index is 15.3. The number of carbonyl (C=O) groups is 2. The van der Waals surface area contributed by atoms with Crippen molar-refractivity contribution in [3.05, 3.63) is 107 Å². The molecule has 2 fully saturated rings. The lowest BCUT2D eigenvalue weighted by Gasteiger charge is -2.37. The molecule has 0 bridgehead atoms. The van der Waals surface area contributed by atoms with Crippen molar-refractivity contribution in [2.24, 2.45) is 5.92 Å². The van der Waals surface area contributed by atoms with E-state index in [0.717, 1.165) is 24.2 Å². The van der Waals surface area contributed by atoms with E-state index in [1.807, 2.05) is 54.6 Å². The molecule has 12 heteroatoms. The molecule has 3 aromatic carbocycles. The van der Waals surface area contributed by atoms with Crippen molar-refractivity contribution in [2.75, 3.05) is 39.4 Å². The second kappa shape index (κ2) is 14.7. The second-order valence-corrected chi connectivity index (χ2v) is 19.8. The maximum Gasteiger partial charge on any atom is 0.297 e. The Kier molecular flexibility index (Phi) is 10.2. The number of methoxy groups -OCH3 is 3. The zero-order valence-electron chi connectivity index (χ0n) is 31.8. The third kappa shape index (κ3) is 6.19. The zero-order chi connectivity index (χ0) is 38.4. The van der Waals surface area contributed by atoms with Crippen LogP contribution in [0.25, 0.3) is 5.69 Å². The highest BCUT2D eigenvalue weighted by atomic mass is 28.3. The molecule has 0 radical (unpaired) electrons. The van der Waals surface area contributed by atoms with Crippen molar-refractivity contribution in [3.63, 3.8) is 0 Å². The molecule has 0 unspecified atom stereocenters. The molecule has 1 N–H and O–H groups in total. The van der Waals surface area contributed by atoms with Crippen LogP contribution >= 0.6 is 0 Å². The van der Waals surface area contributed by atoms with Gasteiger partial charge in [0.05, 0.1) is 66.8 Å². The minimum absolute atomic E-state index is 0.0666. The summed E-state index contributed by atoms with van der Waals surface area (Å²) < 4.78 is 25.2. The number of ether oxygens (including phenoxy) is 4. The van der Waals surface area contributed by atoms with Crippen molar-refractivity contribution < 1.29 is 33.6 Å². The lowest BCUT2D eigenvalue weighted by molar-refractivity contribution is -0.150. The summed E-state index contributed by atoms with van der Waals surface area (Å²) in [6.45, 7) is 7.41. The minimum atomic E-state index is -2.51. The number of hydrogen-bond acceptors (Lipinski definition) is 8. The van der Waals surface area contributed by atoms with Crippen LogP contribution in [0.3, 0.4) is 0 Å². The Hall–Kier alpha value is -4.91. The summed E-state index contributed by atoms with van der Waals surface area (Å²) in [5.41, 5.74) is 1.08. The lowest BCUT2D eigenvalue weighted by Crippen LogP contribution is -2.52. The van der Waals surface area contributed by atoms with E-state index in [1.54, 1.807) is 42.3 Å². The topological polar surface area (TPSA) is 120 Å². The van der Waals surface area contributed by atoms with Gasteiger partial charge in [0.2, 0.25) is 5.91 Å². The van der Waals surface area contributed by atoms with Crippen molar-refractivity contribution >= 4 is 30.8 Å². The monoisotopic (exact) mass is 751 g/mol. The largest absolute Gasteiger partial charge is 0.497 e. The van der Waals surface area contributed by atoms with Gasteiger partial charge in [-0.2, -0.15) is 0 Å². The minimum Gasteiger partial charge on any atom is -0.497 e. The summed E-state index contributed by atoms with van der Waals surface area (Å²) in [6.07, 6.45) is 2.83. The molecule has 5 atom stereocenters. The summed E-state index contributed by atoms with van der Waals surface area (Å²) in [5, 5.41) is 11.2. The van der Waals surface area contributed by atoms with Crippen LogP contribution in [-0.4, -0.2) is 81.1 Å². The molecule has 3 aliphatic rings. The molecule has 2 amide bonds. The van der Waals surface area contributed by atoms with Gasteiger partial charge in [-0.3, -0.25) is 19.0 Å². The normalized spacial score (nSPS) is 23.6. The van der Waals surface area contributed by atoms with E-state index in [1.165, 1.54) is 16.9 Å². The van der Waals surface area contributed by atoms with Crippen LogP contribution in [0.5, 0.6) is 17.2 Å². The van der Waals surface area contributed by atoms with Gasteiger partial charge in [-0.15, -0.1) is 0 Å². The molecule has 4 heterocycles. The molecule has 54 heavy (non-hydrogen) atoms. The number of aliphatic hydroxyl groups excluding tert-OH is 1. The number of amides is 2. The average molecular weight is 752 g/mol. The Bertz CT molecular complexity index is 2100. The lowest BCUT2D eigenvalue weighted by atomic mass is 9.82. The first-order valence-corrected chi connectivity index (χ1v) is 21.6. The van der Waals surface area contributed by atoms with Gasteiger partial charge in [0, 0.05) is 29.9 Å². The highest BCUT2D eigenvalue weighted by Crippen LogP contribution is 2.60. The van der Waals surface area contributed by atoms with E-state index in [9.17, 15) is 14.7 Å². The molecule has 0 saturated carbocycles. The molecule has 4 aromatic rings. The Morgan fingerprint density at radius 2 is 1.69 bits per heavy atom. The molecule has 11 nitrogen and oxygen atoms in total. The van der Waals surface area contributed by atoms with Crippen LogP contribution in [0.4, 0.5) is 5.69 Å². The summed E-state index contributed by atoms with van der Waals surface area (Å²) >= 11 is 0. The first kappa shape index (κ1) is 37.4. The number of anilines is 1. The van der Waals surface area contributed by atoms with E-state index < -0.39 is 19.8 Å². The van der Waals surface area contributed by atoms with Crippen LogP contribution in [0, 0.1) is 5.92 Å². The van der Waals surface area contributed by atoms with Crippen molar-refractivity contribution in [3.8, 4) is 22.9 Å². The van der Waals surface area contributed by atoms with Crippen LogP contribution < -0.4 is 29.9 Å². The van der Waals surface area contributed by atoms with Gasteiger partial charge in [-0.25, -0.2) is 0 Å². The third-order valence-electron chi connectivity index (χ3n) is 12.0. The number of aromatic nitrogens is 1. The molecular weight excluding hydrogens is 703 g/mol. The number of benzene rings is 3. The molecular formula is C42H49N3O8Si. The Balaban J connectivity index is 1.31. The third-order valence-corrected chi connectivity index (χ3v) is 16.3. The highest BCUT2D eigenvalue weighted by molar-refractivity contribution is 6.91. The summed E-state index contributed by atoms with van der Waals surface area (Å²) in [4.78, 5) is 46.1. The van der Waals surface area contributed by atoms with Gasteiger partial charge in [0.1, 0.15) is 11.5 Å². The molecule has 2 saturated heterocycles. The number of nitrogens with zero attached hydrogens (tertiary/aromatic N) is 3. The van der Waals surface area contributed by atoms with Gasteiger partial charge >= 0.3 is 0 Å². The van der Waals surface area contributed by atoms with Crippen LogP contribution in [0.1, 0.15) is 37.3 Å². The van der Waals surface area contributed by atoms with Crippen molar-refractivity contribution in [1.82, 2.24) is 9.47 Å². The summed E-state index contributed by atoms with van der Waals surface area (Å²) in [5.74, 6) is 1.00. The first-order chi connectivity index (χ1) is 26.0. The van der Waals surface area contributed by atoms with E-state index >= 15 is 4.79 Å². The first-order valence-electron chi connectivity index (χ1n) is 18.6. The Labute approximate surface area is 317 Å². The number of rotatable bonds is 11. The fourth-order valence-electron chi connectivity index (χ4n) is 9.24. The SMILES string of the molecule is COc1ccc([Si](C)(C)[C@@H]2[C@@H](CC(=O)N3CCC[C@H]3CO)O[C@]3(C(=O)N(Cc4cccc(-n5cccc(OC)c5=O)c4)c4ccc(OC)cc43)[C@H]2C)cc1. The number of fused-ring (bicyclic) bond motifs is 2. The van der Waals surface area contributed by atoms with Gasteiger partial charge in [-0.05, 0) is 78.5 Å². The quantitative estimate of drug-likeness (QED) is 0.213. The van der Waals surface area contributed by atoms with Gasteiger partial charge in [0.25, 0.3) is 11.5 Å². The molecule has 7 rings (SSSR count). The zero-order valence-corrected chi connectivity index (χ0v) is 32.8. The molecule has 1 spiro atoms. The standard InChI is InChI=1S/C42H49N3O8Si/c1-27-39(54(5,6)33-17-14-31(50-2)15-18-33)37(24-38(47)43-20-8-12-30(43)26-46)53-42(27)34-23-32(51-3)16-19-35(34)45(41(42)49)25-28-10-7-11-29(22-28)44-21-9-13-36(52-4)40(44)48/h7,9-11,13-19,21-23,27,30,37,39,46H,8,12,20,24-26H2,1-6H3/t27-,30-,37+,39-,42+/m0/s1. The van der Waals surface area contributed by atoms with Crippen LogP contribution in [0.15, 0.2) is 89.9 Å². The van der Waals surface area contributed by atoms with E-state index in [4.69, 9.17) is 18.9 Å². The predicted molar refractivity (Wildman–Crippen MR) is 209 cm³/mol. The van der Waals surface area contributed by atoms with Crippen LogP contribution in [0.2, 0.25) is 18.6 Å². The smallest absolute Gasteiger partial charge is 0.297 e. The van der Waals surface area contributed by atoms with Gasteiger partial charge < -0.3 is 33.9 Å². The van der Waals surface area contributed by atoms with Crippen LogP contribution in [-0.2, 0) is 26.5 Å². The van der Waals surface area contributed by atoms with Gasteiger partial charge in [-0.1, -0.05) is 49.5 Å².